The van der Waals surface area contributed by atoms with Crippen LogP contribution in [0.4, 0.5) is 0 Å². The van der Waals surface area contributed by atoms with Crippen molar-refractivity contribution < 1.29 is 14.6 Å². The molecule has 0 spiro atoms. The number of para-hydroxylation sites is 1. The van der Waals surface area contributed by atoms with Gasteiger partial charge in [0, 0.05) is 26.2 Å². The molecule has 1 amide bonds. The predicted molar refractivity (Wildman–Crippen MR) is 110 cm³/mol. The third-order valence-corrected chi connectivity index (χ3v) is 5.27. The quantitative estimate of drug-likeness (QED) is 0.745. The summed E-state index contributed by atoms with van der Waals surface area (Å²) in [6, 6.07) is 15.4. The van der Waals surface area contributed by atoms with Crippen LogP contribution in [0, 0.1) is 0 Å². The second-order valence-electron chi connectivity index (χ2n) is 7.23. The lowest BCUT2D eigenvalue weighted by molar-refractivity contribution is -0.127. The molecule has 0 radical (unpaired) electrons. The molecule has 2 aromatic rings. The number of aliphatic hydroxyl groups is 1. The summed E-state index contributed by atoms with van der Waals surface area (Å²) in [5.74, 6) is 0.317. The molecule has 1 aliphatic heterocycles. The first-order valence-corrected chi connectivity index (χ1v) is 10.1. The number of halogens is 1. The largest absolute Gasteiger partial charge is 0.479 e. The highest BCUT2D eigenvalue weighted by Gasteiger charge is 2.17. The van der Waals surface area contributed by atoms with Gasteiger partial charge < -0.3 is 15.2 Å². The second-order valence-corrected chi connectivity index (χ2v) is 7.64. The van der Waals surface area contributed by atoms with Crippen LogP contribution in [0.2, 0.25) is 5.02 Å². The fourth-order valence-electron chi connectivity index (χ4n) is 3.22. The number of piperidine rings is 1. The van der Waals surface area contributed by atoms with Crippen molar-refractivity contribution >= 4 is 17.5 Å². The van der Waals surface area contributed by atoms with Gasteiger partial charge in [0.05, 0.1) is 11.1 Å². The van der Waals surface area contributed by atoms with E-state index in [9.17, 15) is 9.90 Å². The van der Waals surface area contributed by atoms with E-state index in [1.165, 1.54) is 5.56 Å². The van der Waals surface area contributed by atoms with Crippen LogP contribution in [-0.4, -0.2) is 41.2 Å². The molecule has 1 heterocycles. The summed E-state index contributed by atoms with van der Waals surface area (Å²) in [6.07, 6.45) is 0.914. The van der Waals surface area contributed by atoms with Gasteiger partial charge in [-0.1, -0.05) is 48.0 Å². The molecule has 0 bridgehead atoms. The highest BCUT2D eigenvalue weighted by molar-refractivity contribution is 6.32. The van der Waals surface area contributed by atoms with E-state index in [1.807, 2.05) is 24.3 Å². The van der Waals surface area contributed by atoms with Crippen molar-refractivity contribution in [2.45, 2.75) is 45.1 Å². The number of benzene rings is 2. The van der Waals surface area contributed by atoms with Crippen molar-refractivity contribution in [2.75, 3.05) is 13.1 Å². The molecule has 2 N–H and O–H groups in total. The average molecular weight is 403 g/mol. The number of hydrogen-bond acceptors (Lipinski definition) is 4. The summed E-state index contributed by atoms with van der Waals surface area (Å²) in [6.45, 7) is 4.91. The number of carbonyl (C=O) groups is 1. The summed E-state index contributed by atoms with van der Waals surface area (Å²) in [5.41, 5.74) is 2.28. The average Bonchev–Trinajstić information content (AvgIpc) is 2.70. The van der Waals surface area contributed by atoms with Crippen molar-refractivity contribution in [1.82, 2.24) is 10.2 Å². The lowest BCUT2D eigenvalue weighted by atomic mass is 10.1. The molecule has 150 valence electrons. The Kier molecular flexibility index (Phi) is 7.31. The van der Waals surface area contributed by atoms with Crippen LogP contribution < -0.4 is 10.1 Å². The van der Waals surface area contributed by atoms with Gasteiger partial charge in [-0.15, -0.1) is 0 Å². The van der Waals surface area contributed by atoms with E-state index in [0.717, 1.165) is 38.0 Å². The van der Waals surface area contributed by atoms with E-state index in [0.29, 0.717) is 17.3 Å². The number of aliphatic hydroxyl groups excluding tert-OH is 1. The number of nitrogens with one attached hydrogen (secondary N) is 1. The molecular formula is C22H27ClN2O3. The zero-order valence-electron chi connectivity index (χ0n) is 16.1. The predicted octanol–water partition coefficient (Wildman–Crippen LogP) is 3.38. The number of likely N-dealkylation sites (tertiary alicyclic amines) is 1. The molecule has 0 saturated carbocycles. The molecule has 1 fully saturated rings. The number of amides is 1. The van der Waals surface area contributed by atoms with Crippen LogP contribution in [0.5, 0.6) is 5.75 Å². The summed E-state index contributed by atoms with van der Waals surface area (Å²) >= 11 is 6.07. The molecule has 1 saturated heterocycles. The minimum atomic E-state index is -0.631. The van der Waals surface area contributed by atoms with Gasteiger partial charge >= 0.3 is 0 Å². The minimum absolute atomic E-state index is 0.147. The zero-order valence-corrected chi connectivity index (χ0v) is 16.9. The Morgan fingerprint density at radius 3 is 2.50 bits per heavy atom. The minimum Gasteiger partial charge on any atom is -0.479 e. The van der Waals surface area contributed by atoms with E-state index in [1.54, 1.807) is 19.1 Å². The Balaban J connectivity index is 1.45. The van der Waals surface area contributed by atoms with E-state index in [2.05, 4.69) is 22.3 Å². The van der Waals surface area contributed by atoms with Crippen LogP contribution in [-0.2, 0) is 17.9 Å². The summed E-state index contributed by atoms with van der Waals surface area (Å²) < 4.78 is 5.64. The molecule has 1 atom stereocenters. The van der Waals surface area contributed by atoms with E-state index in [-0.39, 0.29) is 12.0 Å². The highest BCUT2D eigenvalue weighted by Crippen LogP contribution is 2.24. The van der Waals surface area contributed by atoms with Crippen molar-refractivity contribution in [3.63, 3.8) is 0 Å². The molecule has 28 heavy (non-hydrogen) atoms. The molecule has 6 heteroatoms. The number of hydrogen-bond donors (Lipinski definition) is 2. The van der Waals surface area contributed by atoms with Crippen LogP contribution in [0.3, 0.4) is 0 Å². The van der Waals surface area contributed by atoms with Crippen LogP contribution in [0.25, 0.3) is 0 Å². The molecular weight excluding hydrogens is 376 g/mol. The summed E-state index contributed by atoms with van der Waals surface area (Å²) in [7, 11) is 0. The fraction of sp³-hybridized carbons (Fsp3) is 0.409. The van der Waals surface area contributed by atoms with Crippen LogP contribution >= 0.6 is 11.6 Å². The third-order valence-electron chi connectivity index (χ3n) is 4.96. The van der Waals surface area contributed by atoms with Crippen molar-refractivity contribution in [3.8, 4) is 5.75 Å². The molecule has 5 nitrogen and oxygen atoms in total. The monoisotopic (exact) mass is 402 g/mol. The van der Waals surface area contributed by atoms with Gasteiger partial charge in [0.15, 0.2) is 6.10 Å². The van der Waals surface area contributed by atoms with Crippen LogP contribution in [0.15, 0.2) is 48.5 Å². The van der Waals surface area contributed by atoms with Gasteiger partial charge in [-0.3, -0.25) is 9.69 Å². The Hall–Kier alpha value is -2.08. The molecule has 0 aromatic heterocycles. The van der Waals surface area contributed by atoms with Crippen molar-refractivity contribution in [2.24, 2.45) is 0 Å². The molecule has 1 aliphatic rings. The Morgan fingerprint density at radius 1 is 1.18 bits per heavy atom. The van der Waals surface area contributed by atoms with Gasteiger partial charge in [-0.25, -0.2) is 0 Å². The lowest BCUT2D eigenvalue weighted by Gasteiger charge is -2.29. The Morgan fingerprint density at radius 2 is 1.82 bits per heavy atom. The third kappa shape index (κ3) is 5.96. The smallest absolute Gasteiger partial charge is 0.261 e. The van der Waals surface area contributed by atoms with Gasteiger partial charge in [0.25, 0.3) is 5.91 Å². The first kappa shape index (κ1) is 20.6. The van der Waals surface area contributed by atoms with Crippen molar-refractivity contribution in [1.29, 1.82) is 0 Å². The molecule has 1 unspecified atom stereocenters. The van der Waals surface area contributed by atoms with E-state index >= 15 is 0 Å². The number of carbonyl (C=O) groups excluding carboxylic acids is 1. The maximum absolute atomic E-state index is 12.3. The second kappa shape index (κ2) is 9.92. The Labute approximate surface area is 171 Å². The maximum atomic E-state index is 12.3. The van der Waals surface area contributed by atoms with Crippen molar-refractivity contribution in [3.05, 3.63) is 64.7 Å². The molecule has 3 rings (SSSR count). The molecule has 2 aromatic carbocycles. The zero-order chi connectivity index (χ0) is 19.9. The van der Waals surface area contributed by atoms with Gasteiger partial charge in [0.1, 0.15) is 5.75 Å². The highest BCUT2D eigenvalue weighted by atomic mass is 35.5. The number of ether oxygens (including phenoxy) is 1. The maximum Gasteiger partial charge on any atom is 0.261 e. The number of nitrogens with zero attached hydrogens (tertiary/aromatic N) is 1. The lowest BCUT2D eigenvalue weighted by Crippen LogP contribution is -2.36. The molecule has 0 aliphatic carbocycles. The summed E-state index contributed by atoms with van der Waals surface area (Å²) in [5, 5.41) is 13.0. The topological polar surface area (TPSA) is 61.8 Å². The summed E-state index contributed by atoms with van der Waals surface area (Å²) in [4.78, 5) is 14.6. The van der Waals surface area contributed by atoms with Gasteiger partial charge in [-0.2, -0.15) is 0 Å². The number of rotatable bonds is 7. The standard InChI is InChI=1S/C22H27ClN2O3/c1-16(28-21-5-3-2-4-20(21)23)22(27)24-14-17-6-8-18(9-7-17)15-25-12-10-19(26)11-13-25/h2-9,16,19,26H,10-15H2,1H3,(H,24,27). The normalized spacial score (nSPS) is 16.5. The van der Waals surface area contributed by atoms with Gasteiger partial charge in [-0.05, 0) is 43.0 Å². The Bertz CT molecular complexity index is 774. The van der Waals surface area contributed by atoms with E-state index < -0.39 is 6.10 Å². The van der Waals surface area contributed by atoms with Crippen LogP contribution in [0.1, 0.15) is 30.9 Å². The fourth-order valence-corrected chi connectivity index (χ4v) is 3.40. The SMILES string of the molecule is CC(Oc1ccccc1Cl)C(=O)NCc1ccc(CN2CCC(O)CC2)cc1. The first-order valence-electron chi connectivity index (χ1n) is 9.68. The first-order chi connectivity index (χ1) is 13.5. The van der Waals surface area contributed by atoms with E-state index in [4.69, 9.17) is 16.3 Å². The van der Waals surface area contributed by atoms with Gasteiger partial charge in [0.2, 0.25) is 0 Å².